The molecule has 178 valence electrons. The van der Waals surface area contributed by atoms with Gasteiger partial charge in [-0.05, 0) is 70.3 Å². The van der Waals surface area contributed by atoms with Crippen molar-refractivity contribution in [3.63, 3.8) is 0 Å². The summed E-state index contributed by atoms with van der Waals surface area (Å²) in [6.45, 7) is 0.433. The molecule has 0 saturated carbocycles. The summed E-state index contributed by atoms with van der Waals surface area (Å²) in [5.74, 6) is -1.08. The van der Waals surface area contributed by atoms with E-state index in [1.807, 2.05) is 54.6 Å². The number of aromatic carboxylic acids is 1. The highest BCUT2D eigenvalue weighted by molar-refractivity contribution is 8.26. The fourth-order valence-electron chi connectivity index (χ4n) is 4.20. The minimum atomic E-state index is -0.962. The summed E-state index contributed by atoms with van der Waals surface area (Å²) < 4.78 is 0.517. The lowest BCUT2D eigenvalue weighted by Crippen LogP contribution is -2.30. The minimum absolute atomic E-state index is 0.122. The predicted octanol–water partition coefficient (Wildman–Crippen LogP) is 6.23. The van der Waals surface area contributed by atoms with Gasteiger partial charge in [0.25, 0.3) is 5.91 Å². The smallest absolute Gasteiger partial charge is 0.335 e. The Bertz CT molecular complexity index is 1540. The van der Waals surface area contributed by atoms with Gasteiger partial charge in [0.15, 0.2) is 0 Å². The molecule has 36 heavy (non-hydrogen) atoms. The van der Waals surface area contributed by atoms with Crippen LogP contribution in [0.3, 0.4) is 0 Å². The van der Waals surface area contributed by atoms with E-state index in [1.165, 1.54) is 11.8 Å². The number of thioether (sulfide) groups is 1. The third kappa shape index (κ3) is 4.89. The third-order valence-corrected chi connectivity index (χ3v) is 7.49. The number of nitrogens with zero attached hydrogens (tertiary/aromatic N) is 1. The van der Waals surface area contributed by atoms with Gasteiger partial charge in [-0.1, -0.05) is 78.6 Å². The fraction of sp³-hybridized carbons (Fsp3) is 0.0690. The van der Waals surface area contributed by atoms with Crippen LogP contribution >= 0.6 is 24.0 Å². The molecule has 1 fully saturated rings. The highest BCUT2D eigenvalue weighted by Crippen LogP contribution is 2.35. The normalized spacial score (nSPS) is 14.7. The van der Waals surface area contributed by atoms with Crippen molar-refractivity contribution in [2.24, 2.45) is 0 Å². The fourth-order valence-corrected chi connectivity index (χ4v) is 5.51. The van der Waals surface area contributed by atoms with Crippen LogP contribution in [0.25, 0.3) is 28.0 Å². The average Bonchev–Trinajstić information content (AvgIpc) is 3.14. The summed E-state index contributed by atoms with van der Waals surface area (Å²) in [4.78, 5) is 26.3. The summed E-state index contributed by atoms with van der Waals surface area (Å²) in [5, 5.41) is 11.3. The van der Waals surface area contributed by atoms with Gasteiger partial charge < -0.3 is 10.8 Å². The van der Waals surface area contributed by atoms with Crippen LogP contribution in [0.1, 0.15) is 21.5 Å². The van der Waals surface area contributed by atoms with E-state index in [0.29, 0.717) is 27.9 Å². The van der Waals surface area contributed by atoms with Crippen molar-refractivity contribution in [1.82, 2.24) is 4.90 Å². The first-order chi connectivity index (χ1) is 17.4. The Labute approximate surface area is 218 Å². The second-order valence-corrected chi connectivity index (χ2v) is 10.2. The Hall–Kier alpha value is -3.94. The van der Waals surface area contributed by atoms with Gasteiger partial charge in [0.2, 0.25) is 0 Å². The predicted molar refractivity (Wildman–Crippen MR) is 151 cm³/mol. The largest absolute Gasteiger partial charge is 0.478 e. The van der Waals surface area contributed by atoms with Crippen LogP contribution in [-0.2, 0) is 11.2 Å². The first-order valence-electron chi connectivity index (χ1n) is 11.4. The number of nitrogen functional groups attached to an aromatic ring is 1. The Kier molecular flexibility index (Phi) is 6.59. The van der Waals surface area contributed by atoms with E-state index in [9.17, 15) is 9.59 Å². The number of carbonyl (C=O) groups excluding carboxylic acids is 1. The van der Waals surface area contributed by atoms with Crippen molar-refractivity contribution in [3.8, 4) is 11.1 Å². The Morgan fingerprint density at radius 1 is 0.972 bits per heavy atom. The molecule has 1 saturated heterocycles. The molecule has 1 amide bonds. The highest BCUT2D eigenvalue weighted by atomic mass is 32.2. The van der Waals surface area contributed by atoms with Gasteiger partial charge in [-0.25, -0.2) is 4.79 Å². The number of rotatable bonds is 6. The quantitative estimate of drug-likeness (QED) is 0.182. The molecule has 1 heterocycles. The standard InChI is InChI=1S/C29H22N2O3S2/c30-25-17-22-6-2-1-5-21(22)16-24(25)23-7-3-4-19(14-23)15-26-27(32)31(29(35)36-26)13-12-18-8-10-20(11-9-18)28(33)34/h1-11,14-17H,12-13,30H2,(H,33,34)/b26-15-. The number of thiocarbonyl (C=S) groups is 1. The maximum absolute atomic E-state index is 13.1. The molecule has 7 heteroatoms. The lowest BCUT2D eigenvalue weighted by molar-refractivity contribution is -0.122. The zero-order valence-electron chi connectivity index (χ0n) is 19.2. The molecule has 0 aromatic heterocycles. The Balaban J connectivity index is 1.34. The summed E-state index contributed by atoms with van der Waals surface area (Å²) >= 11 is 6.77. The van der Waals surface area contributed by atoms with E-state index in [1.54, 1.807) is 29.2 Å². The molecule has 5 rings (SSSR count). The first-order valence-corrected chi connectivity index (χ1v) is 12.6. The van der Waals surface area contributed by atoms with Crippen LogP contribution in [-0.4, -0.2) is 32.7 Å². The van der Waals surface area contributed by atoms with Gasteiger partial charge in [0.05, 0.1) is 10.5 Å². The molecule has 4 aromatic rings. The van der Waals surface area contributed by atoms with Crippen LogP contribution in [0.5, 0.6) is 0 Å². The molecule has 5 nitrogen and oxygen atoms in total. The third-order valence-electron chi connectivity index (χ3n) is 6.11. The Morgan fingerprint density at radius 2 is 1.69 bits per heavy atom. The van der Waals surface area contributed by atoms with Crippen molar-refractivity contribution < 1.29 is 14.7 Å². The van der Waals surface area contributed by atoms with Gasteiger partial charge in [0.1, 0.15) is 4.32 Å². The second-order valence-electron chi connectivity index (χ2n) is 8.50. The van der Waals surface area contributed by atoms with Crippen molar-refractivity contribution in [3.05, 3.63) is 107 Å². The lowest BCUT2D eigenvalue weighted by atomic mass is 9.98. The van der Waals surface area contributed by atoms with Gasteiger partial charge >= 0.3 is 5.97 Å². The van der Waals surface area contributed by atoms with E-state index < -0.39 is 5.97 Å². The van der Waals surface area contributed by atoms with Gasteiger partial charge in [-0.2, -0.15) is 0 Å². The van der Waals surface area contributed by atoms with Crippen LogP contribution in [0.4, 0.5) is 5.69 Å². The number of hydrogen-bond donors (Lipinski definition) is 2. The maximum Gasteiger partial charge on any atom is 0.335 e. The molecular formula is C29H22N2O3S2. The van der Waals surface area contributed by atoms with Crippen molar-refractivity contribution in [2.75, 3.05) is 12.3 Å². The number of hydrogen-bond acceptors (Lipinski definition) is 5. The lowest BCUT2D eigenvalue weighted by Gasteiger charge is -2.14. The average molecular weight is 511 g/mol. The topological polar surface area (TPSA) is 83.6 Å². The molecule has 1 aliphatic rings. The van der Waals surface area contributed by atoms with Crippen LogP contribution in [0, 0.1) is 0 Å². The molecule has 0 aliphatic carbocycles. The van der Waals surface area contributed by atoms with Crippen molar-refractivity contribution in [1.29, 1.82) is 0 Å². The number of carboxylic acid groups (broad SMARTS) is 1. The molecule has 4 aromatic carbocycles. The summed E-state index contributed by atoms with van der Waals surface area (Å²) in [5.41, 5.74) is 11.1. The number of amides is 1. The molecule has 3 N–H and O–H groups in total. The zero-order chi connectivity index (χ0) is 25.2. The van der Waals surface area contributed by atoms with E-state index in [4.69, 9.17) is 23.1 Å². The maximum atomic E-state index is 13.1. The zero-order valence-corrected chi connectivity index (χ0v) is 20.8. The highest BCUT2D eigenvalue weighted by Gasteiger charge is 2.31. The summed E-state index contributed by atoms with van der Waals surface area (Å²) in [6, 6.07) is 26.8. The number of benzene rings is 4. The number of carbonyl (C=O) groups is 2. The number of carboxylic acids is 1. The van der Waals surface area contributed by atoms with Gasteiger partial charge in [-0.3, -0.25) is 9.69 Å². The molecule has 0 spiro atoms. The van der Waals surface area contributed by atoms with E-state index in [2.05, 4.69) is 12.1 Å². The van der Waals surface area contributed by atoms with Crippen LogP contribution in [0.15, 0.2) is 89.8 Å². The van der Waals surface area contributed by atoms with Gasteiger partial charge in [-0.15, -0.1) is 0 Å². The van der Waals surface area contributed by atoms with Crippen LogP contribution < -0.4 is 5.73 Å². The Morgan fingerprint density at radius 3 is 2.42 bits per heavy atom. The van der Waals surface area contributed by atoms with Crippen LogP contribution in [0.2, 0.25) is 0 Å². The summed E-state index contributed by atoms with van der Waals surface area (Å²) in [7, 11) is 0. The summed E-state index contributed by atoms with van der Waals surface area (Å²) in [6.07, 6.45) is 2.44. The van der Waals surface area contributed by atoms with Crippen molar-refractivity contribution in [2.45, 2.75) is 6.42 Å². The number of anilines is 1. The number of fused-ring (bicyclic) bond motifs is 1. The molecule has 0 radical (unpaired) electrons. The molecule has 0 bridgehead atoms. The van der Waals surface area contributed by atoms with E-state index >= 15 is 0 Å². The monoisotopic (exact) mass is 510 g/mol. The molecule has 0 atom stereocenters. The molecule has 0 unspecified atom stereocenters. The van der Waals surface area contributed by atoms with E-state index in [0.717, 1.165) is 33.0 Å². The first kappa shape index (κ1) is 23.8. The number of nitrogens with two attached hydrogens (primary N) is 1. The van der Waals surface area contributed by atoms with Gasteiger partial charge in [0, 0.05) is 17.8 Å². The SMILES string of the molecule is Nc1cc2ccccc2cc1-c1cccc(/C=C2\SC(=S)N(CCc3ccc(C(=O)O)cc3)C2=O)c1. The minimum Gasteiger partial charge on any atom is -0.478 e. The molecular weight excluding hydrogens is 488 g/mol. The van der Waals surface area contributed by atoms with E-state index in [-0.39, 0.29) is 11.5 Å². The molecule has 1 aliphatic heterocycles. The van der Waals surface area contributed by atoms with Crippen molar-refractivity contribution >= 4 is 62.7 Å². The second kappa shape index (κ2) is 9.97.